The summed E-state index contributed by atoms with van der Waals surface area (Å²) in [6.45, 7) is 0. The minimum absolute atomic E-state index is 0.0272. The topological polar surface area (TPSA) is 92.2 Å². The van der Waals surface area contributed by atoms with Crippen molar-refractivity contribution in [3.05, 3.63) is 52.8 Å². The van der Waals surface area contributed by atoms with E-state index in [1.165, 1.54) is 24.4 Å². The summed E-state index contributed by atoms with van der Waals surface area (Å²) in [5.41, 5.74) is -0.884. The average Bonchev–Trinajstić information content (AvgIpc) is 2.40. The number of carbonyl (C=O) groups is 2. The molecule has 2 heterocycles. The van der Waals surface area contributed by atoms with E-state index in [0.717, 1.165) is 6.07 Å². The minimum atomic E-state index is -1.38. The first-order chi connectivity index (χ1) is 9.49. The monoisotopic (exact) mass is 295 g/mol. The van der Waals surface area contributed by atoms with Gasteiger partial charge >= 0.3 is 6.09 Å². The van der Waals surface area contributed by atoms with Crippen LogP contribution in [-0.2, 0) is 0 Å². The molecule has 0 spiro atoms. The maximum atomic E-state index is 13.5. The van der Waals surface area contributed by atoms with Crippen molar-refractivity contribution in [3.8, 4) is 0 Å². The molecule has 2 aromatic rings. The molecule has 0 fully saturated rings. The van der Waals surface area contributed by atoms with Gasteiger partial charge in [0, 0.05) is 6.20 Å². The van der Waals surface area contributed by atoms with Gasteiger partial charge in [-0.2, -0.15) is 0 Å². The number of rotatable bonds is 3. The molecule has 0 aliphatic carbocycles. The van der Waals surface area contributed by atoms with Crippen LogP contribution in [0.1, 0.15) is 16.2 Å². The number of aromatic nitrogens is 2. The predicted molar refractivity (Wildman–Crippen MR) is 68.5 cm³/mol. The normalized spacial score (nSPS) is 10.1. The first-order valence-electron chi connectivity index (χ1n) is 5.30. The van der Waals surface area contributed by atoms with Crippen LogP contribution in [0.2, 0.25) is 5.15 Å². The van der Waals surface area contributed by atoms with E-state index in [9.17, 15) is 14.0 Å². The van der Waals surface area contributed by atoms with Crippen molar-refractivity contribution >= 4 is 29.2 Å². The highest BCUT2D eigenvalue weighted by atomic mass is 35.5. The maximum Gasteiger partial charge on any atom is 0.409 e. The Balaban J connectivity index is 2.51. The molecule has 2 N–H and O–H groups in total. The third-order valence-electron chi connectivity index (χ3n) is 2.29. The summed E-state index contributed by atoms with van der Waals surface area (Å²) in [5, 5.41) is 10.7. The summed E-state index contributed by atoms with van der Waals surface area (Å²) >= 11 is 5.67. The molecule has 20 heavy (non-hydrogen) atoms. The second-order valence-electron chi connectivity index (χ2n) is 3.62. The van der Waals surface area contributed by atoms with Gasteiger partial charge in [-0.15, -0.1) is 0 Å². The van der Waals surface area contributed by atoms with Crippen LogP contribution in [0.4, 0.5) is 14.9 Å². The highest BCUT2D eigenvalue weighted by Gasteiger charge is 2.21. The van der Waals surface area contributed by atoms with E-state index >= 15 is 0 Å². The van der Waals surface area contributed by atoms with Gasteiger partial charge in [-0.3, -0.25) is 10.1 Å². The van der Waals surface area contributed by atoms with Crippen LogP contribution in [0, 0.1) is 5.82 Å². The number of nitrogens with zero attached hydrogens (tertiary/aromatic N) is 2. The zero-order valence-corrected chi connectivity index (χ0v) is 10.6. The molecule has 0 bridgehead atoms. The van der Waals surface area contributed by atoms with Crippen LogP contribution in [0.3, 0.4) is 0 Å². The van der Waals surface area contributed by atoms with Gasteiger partial charge in [-0.05, 0) is 24.3 Å². The van der Waals surface area contributed by atoms with E-state index < -0.39 is 23.4 Å². The molecule has 0 saturated carbocycles. The Kier molecular flexibility index (Phi) is 3.90. The highest BCUT2D eigenvalue weighted by molar-refractivity contribution is 6.29. The minimum Gasteiger partial charge on any atom is -0.465 e. The molecule has 1 amide bonds. The van der Waals surface area contributed by atoms with Crippen molar-refractivity contribution in [1.82, 2.24) is 9.97 Å². The van der Waals surface area contributed by atoms with Crippen LogP contribution < -0.4 is 5.32 Å². The number of amides is 1. The fourth-order valence-electron chi connectivity index (χ4n) is 1.49. The molecule has 6 nitrogen and oxygen atoms in total. The van der Waals surface area contributed by atoms with Gasteiger partial charge in [0.25, 0.3) is 0 Å². The van der Waals surface area contributed by atoms with Crippen LogP contribution in [0.5, 0.6) is 0 Å². The third kappa shape index (κ3) is 2.89. The molecule has 8 heteroatoms. The molecule has 0 atom stereocenters. The molecule has 2 rings (SSSR count). The number of hydrogen-bond donors (Lipinski definition) is 2. The van der Waals surface area contributed by atoms with Crippen molar-refractivity contribution in [2.45, 2.75) is 0 Å². The van der Waals surface area contributed by atoms with Crippen molar-refractivity contribution in [2.75, 3.05) is 5.32 Å². The van der Waals surface area contributed by atoms with Crippen LogP contribution in [0.25, 0.3) is 0 Å². The molecule has 0 unspecified atom stereocenters. The summed E-state index contributed by atoms with van der Waals surface area (Å²) in [5.74, 6) is -1.70. The van der Waals surface area contributed by atoms with Gasteiger partial charge < -0.3 is 5.11 Å². The van der Waals surface area contributed by atoms with Crippen molar-refractivity contribution < 1.29 is 19.1 Å². The lowest BCUT2D eigenvalue weighted by Gasteiger charge is -2.07. The molecule has 2 aromatic heterocycles. The summed E-state index contributed by atoms with van der Waals surface area (Å²) in [4.78, 5) is 30.2. The Morgan fingerprint density at radius 2 is 2.00 bits per heavy atom. The molecule has 102 valence electrons. The smallest absolute Gasteiger partial charge is 0.409 e. The van der Waals surface area contributed by atoms with Gasteiger partial charge in [-0.1, -0.05) is 11.6 Å². The fraction of sp³-hybridized carbons (Fsp3) is 0. The maximum absolute atomic E-state index is 13.5. The summed E-state index contributed by atoms with van der Waals surface area (Å²) in [6, 6.07) is 4.96. The molecular weight excluding hydrogens is 289 g/mol. The number of carboxylic acid groups (broad SMARTS) is 1. The number of anilines is 1. The lowest BCUT2D eigenvalue weighted by atomic mass is 10.1. The number of hydrogen-bond acceptors (Lipinski definition) is 4. The lowest BCUT2D eigenvalue weighted by molar-refractivity contribution is 0.102. The van der Waals surface area contributed by atoms with Crippen molar-refractivity contribution in [1.29, 1.82) is 0 Å². The largest absolute Gasteiger partial charge is 0.465 e. The van der Waals surface area contributed by atoms with E-state index in [1.54, 1.807) is 0 Å². The molecular formula is C12H7ClFN3O3. The summed E-state index contributed by atoms with van der Waals surface area (Å²) in [7, 11) is 0. The van der Waals surface area contributed by atoms with Crippen LogP contribution >= 0.6 is 11.6 Å². The SMILES string of the molecule is O=C(O)Nc1ccc(Cl)nc1C(=O)c1ncccc1F. The van der Waals surface area contributed by atoms with E-state index in [-0.39, 0.29) is 16.5 Å². The van der Waals surface area contributed by atoms with Gasteiger partial charge in [0.15, 0.2) is 5.82 Å². The molecule has 0 saturated heterocycles. The van der Waals surface area contributed by atoms with Gasteiger partial charge in [-0.25, -0.2) is 19.2 Å². The first kappa shape index (κ1) is 13.9. The summed E-state index contributed by atoms with van der Waals surface area (Å²) in [6.07, 6.45) is -0.143. The lowest BCUT2D eigenvalue weighted by Crippen LogP contribution is -2.15. The predicted octanol–water partition coefficient (Wildman–Crippen LogP) is 2.59. The first-order valence-corrected chi connectivity index (χ1v) is 5.68. The quantitative estimate of drug-likeness (QED) is 0.670. The van der Waals surface area contributed by atoms with E-state index in [0.29, 0.717) is 0 Å². The van der Waals surface area contributed by atoms with Crippen molar-refractivity contribution in [2.24, 2.45) is 0 Å². The van der Waals surface area contributed by atoms with E-state index in [4.69, 9.17) is 16.7 Å². The Morgan fingerprint density at radius 1 is 1.25 bits per heavy atom. The van der Waals surface area contributed by atoms with Crippen LogP contribution in [-0.4, -0.2) is 27.0 Å². The molecule has 0 aromatic carbocycles. The second kappa shape index (κ2) is 5.62. The Hall–Kier alpha value is -2.54. The average molecular weight is 296 g/mol. The second-order valence-corrected chi connectivity index (χ2v) is 4.01. The molecule has 0 aliphatic heterocycles. The fourth-order valence-corrected chi connectivity index (χ4v) is 1.64. The molecule has 0 radical (unpaired) electrons. The van der Waals surface area contributed by atoms with Crippen molar-refractivity contribution in [3.63, 3.8) is 0 Å². The van der Waals surface area contributed by atoms with E-state index in [2.05, 4.69) is 9.97 Å². The van der Waals surface area contributed by atoms with Gasteiger partial charge in [0.2, 0.25) is 5.78 Å². The Morgan fingerprint density at radius 3 is 2.65 bits per heavy atom. The third-order valence-corrected chi connectivity index (χ3v) is 2.50. The number of halogens is 2. The highest BCUT2D eigenvalue weighted by Crippen LogP contribution is 2.20. The van der Waals surface area contributed by atoms with E-state index in [1.807, 2.05) is 5.32 Å². The Labute approximate surface area is 117 Å². The number of carbonyl (C=O) groups excluding carboxylic acids is 1. The summed E-state index contributed by atoms with van der Waals surface area (Å²) < 4.78 is 13.5. The van der Waals surface area contributed by atoms with Gasteiger partial charge in [0.05, 0.1) is 5.69 Å². The zero-order valence-electron chi connectivity index (χ0n) is 9.80. The van der Waals surface area contributed by atoms with Gasteiger partial charge in [0.1, 0.15) is 16.5 Å². The zero-order chi connectivity index (χ0) is 14.7. The standard InChI is InChI=1S/C12H7ClFN3O3/c13-8-4-3-7(16-12(19)20)10(17-8)11(18)9-6(14)2-1-5-15-9/h1-5,16H,(H,19,20). The number of nitrogens with one attached hydrogen (secondary N) is 1. The van der Waals surface area contributed by atoms with Crippen LogP contribution in [0.15, 0.2) is 30.5 Å². The Bertz CT molecular complexity index is 693. The number of ketones is 1. The molecule has 0 aliphatic rings. The number of pyridine rings is 2.